The quantitative estimate of drug-likeness (QED) is 0.646. The number of hydrogen-bond acceptors (Lipinski definition) is 4. The molecule has 0 saturated heterocycles. The standard InChI is InChI=1S/C13H18ClN3O3/c1-13(2,3)15-7-6-12(18)16-10-5-4-9(14)8-11(10)17(19)20/h4-5,8,15H,6-7H2,1-3H3,(H,16,18). The Morgan fingerprint density at radius 2 is 2.05 bits per heavy atom. The van der Waals surface area contributed by atoms with Gasteiger partial charge in [0.05, 0.1) is 4.92 Å². The molecule has 1 amide bonds. The zero-order chi connectivity index (χ0) is 15.3. The van der Waals surface area contributed by atoms with Gasteiger partial charge in [-0.25, -0.2) is 0 Å². The SMILES string of the molecule is CC(C)(C)NCCC(=O)Nc1ccc(Cl)cc1[N+](=O)[O-]. The second-order valence-electron chi connectivity index (χ2n) is 5.39. The molecule has 20 heavy (non-hydrogen) atoms. The van der Waals surface area contributed by atoms with Crippen LogP contribution in [0.5, 0.6) is 0 Å². The normalized spacial score (nSPS) is 11.2. The maximum atomic E-state index is 11.8. The maximum absolute atomic E-state index is 11.8. The molecule has 1 rings (SSSR count). The van der Waals surface area contributed by atoms with Crippen molar-refractivity contribution >= 4 is 28.9 Å². The van der Waals surface area contributed by atoms with Crippen LogP contribution in [0.25, 0.3) is 0 Å². The maximum Gasteiger partial charge on any atom is 0.294 e. The topological polar surface area (TPSA) is 84.3 Å². The first-order valence-electron chi connectivity index (χ1n) is 6.18. The van der Waals surface area contributed by atoms with Gasteiger partial charge < -0.3 is 10.6 Å². The smallest absolute Gasteiger partial charge is 0.294 e. The minimum Gasteiger partial charge on any atom is -0.320 e. The fraction of sp³-hybridized carbons (Fsp3) is 0.462. The molecule has 0 spiro atoms. The van der Waals surface area contributed by atoms with Crippen molar-refractivity contribution < 1.29 is 9.72 Å². The lowest BCUT2D eigenvalue weighted by Gasteiger charge is -2.20. The number of amides is 1. The van der Waals surface area contributed by atoms with E-state index in [9.17, 15) is 14.9 Å². The second kappa shape index (κ2) is 6.67. The fourth-order valence-corrected chi connectivity index (χ4v) is 1.69. The zero-order valence-corrected chi connectivity index (χ0v) is 12.5. The van der Waals surface area contributed by atoms with Crippen molar-refractivity contribution in [2.45, 2.75) is 32.7 Å². The summed E-state index contributed by atoms with van der Waals surface area (Å²) in [6.07, 6.45) is 0.233. The molecule has 0 aliphatic heterocycles. The van der Waals surface area contributed by atoms with Crippen molar-refractivity contribution in [3.8, 4) is 0 Å². The van der Waals surface area contributed by atoms with Gasteiger partial charge in [0.2, 0.25) is 5.91 Å². The Morgan fingerprint density at radius 3 is 2.60 bits per heavy atom. The van der Waals surface area contributed by atoms with E-state index < -0.39 is 4.92 Å². The molecule has 0 radical (unpaired) electrons. The van der Waals surface area contributed by atoms with Gasteiger partial charge in [0.25, 0.3) is 5.69 Å². The second-order valence-corrected chi connectivity index (χ2v) is 5.83. The molecule has 0 bridgehead atoms. The molecule has 0 aromatic heterocycles. The first-order valence-corrected chi connectivity index (χ1v) is 6.55. The van der Waals surface area contributed by atoms with Gasteiger partial charge in [-0.05, 0) is 32.9 Å². The molecule has 1 aromatic rings. The van der Waals surface area contributed by atoms with Gasteiger partial charge >= 0.3 is 0 Å². The van der Waals surface area contributed by atoms with E-state index in [-0.39, 0.29) is 34.3 Å². The van der Waals surface area contributed by atoms with Gasteiger partial charge in [-0.1, -0.05) is 11.6 Å². The van der Waals surface area contributed by atoms with Crippen molar-refractivity contribution in [2.75, 3.05) is 11.9 Å². The molecular formula is C13H18ClN3O3. The van der Waals surface area contributed by atoms with E-state index in [1.165, 1.54) is 18.2 Å². The van der Waals surface area contributed by atoms with Gasteiger partial charge in [-0.15, -0.1) is 0 Å². The van der Waals surface area contributed by atoms with Crippen LogP contribution in [0, 0.1) is 10.1 Å². The lowest BCUT2D eigenvalue weighted by molar-refractivity contribution is -0.383. The average molecular weight is 300 g/mol. The molecule has 2 N–H and O–H groups in total. The Hall–Kier alpha value is -1.66. The molecule has 6 nitrogen and oxygen atoms in total. The van der Waals surface area contributed by atoms with E-state index in [2.05, 4.69) is 10.6 Å². The Bertz CT molecular complexity index is 512. The van der Waals surface area contributed by atoms with Gasteiger partial charge in [0.1, 0.15) is 5.69 Å². The summed E-state index contributed by atoms with van der Waals surface area (Å²) >= 11 is 5.70. The third kappa shape index (κ3) is 5.54. The summed E-state index contributed by atoms with van der Waals surface area (Å²) in [5, 5.41) is 16.8. The molecule has 1 aromatic carbocycles. The molecule has 0 heterocycles. The van der Waals surface area contributed by atoms with E-state index in [1.807, 2.05) is 20.8 Å². The fourth-order valence-electron chi connectivity index (χ4n) is 1.53. The summed E-state index contributed by atoms with van der Waals surface area (Å²) in [5.74, 6) is -0.285. The van der Waals surface area contributed by atoms with Crippen LogP contribution in [-0.4, -0.2) is 22.9 Å². The number of nitrogens with one attached hydrogen (secondary N) is 2. The summed E-state index contributed by atoms with van der Waals surface area (Å²) in [6, 6.07) is 4.14. The predicted octanol–water partition coefficient (Wildman–Crippen LogP) is 2.96. The number of carbonyl (C=O) groups excluding carboxylic acids is 1. The lowest BCUT2D eigenvalue weighted by atomic mass is 10.1. The number of halogens is 1. The van der Waals surface area contributed by atoms with Crippen LogP contribution in [0.1, 0.15) is 27.2 Å². The van der Waals surface area contributed by atoms with Crippen LogP contribution < -0.4 is 10.6 Å². The number of rotatable bonds is 5. The van der Waals surface area contributed by atoms with E-state index in [0.29, 0.717) is 6.54 Å². The van der Waals surface area contributed by atoms with Gasteiger partial charge in [0, 0.05) is 29.6 Å². The van der Waals surface area contributed by atoms with Crippen molar-refractivity contribution in [3.63, 3.8) is 0 Å². The van der Waals surface area contributed by atoms with Crippen molar-refractivity contribution in [1.82, 2.24) is 5.32 Å². The van der Waals surface area contributed by atoms with E-state index in [4.69, 9.17) is 11.6 Å². The molecule has 0 saturated carbocycles. The largest absolute Gasteiger partial charge is 0.320 e. The van der Waals surface area contributed by atoms with Crippen LogP contribution in [-0.2, 0) is 4.79 Å². The highest BCUT2D eigenvalue weighted by Gasteiger charge is 2.16. The van der Waals surface area contributed by atoms with Crippen molar-refractivity contribution in [1.29, 1.82) is 0 Å². The third-order valence-corrected chi connectivity index (χ3v) is 2.67. The molecular weight excluding hydrogens is 282 g/mol. The third-order valence-electron chi connectivity index (χ3n) is 2.44. The number of nitro groups is 1. The molecule has 0 fully saturated rings. The molecule has 0 aliphatic carbocycles. The minimum atomic E-state index is -0.575. The first kappa shape index (κ1) is 16.4. The molecule has 0 unspecified atom stereocenters. The van der Waals surface area contributed by atoms with Crippen molar-refractivity contribution in [3.05, 3.63) is 33.3 Å². The van der Waals surface area contributed by atoms with E-state index in [1.54, 1.807) is 0 Å². The number of carbonyl (C=O) groups is 1. The Labute approximate surface area is 122 Å². The van der Waals surface area contributed by atoms with E-state index in [0.717, 1.165) is 0 Å². The molecule has 0 aliphatic rings. The van der Waals surface area contributed by atoms with Crippen molar-refractivity contribution in [2.24, 2.45) is 0 Å². The zero-order valence-electron chi connectivity index (χ0n) is 11.7. The number of anilines is 1. The van der Waals surface area contributed by atoms with Crippen LogP contribution in [0.4, 0.5) is 11.4 Å². The summed E-state index contributed by atoms with van der Waals surface area (Å²) in [5.41, 5.74) is -0.137. The number of benzene rings is 1. The summed E-state index contributed by atoms with van der Waals surface area (Å²) in [6.45, 7) is 6.48. The van der Waals surface area contributed by atoms with Crippen LogP contribution in [0.3, 0.4) is 0 Å². The highest BCUT2D eigenvalue weighted by atomic mass is 35.5. The summed E-state index contributed by atoms with van der Waals surface area (Å²) in [7, 11) is 0. The van der Waals surface area contributed by atoms with Crippen LogP contribution >= 0.6 is 11.6 Å². The Morgan fingerprint density at radius 1 is 1.40 bits per heavy atom. The summed E-state index contributed by atoms with van der Waals surface area (Å²) in [4.78, 5) is 22.1. The first-order chi connectivity index (χ1) is 9.19. The van der Waals surface area contributed by atoms with E-state index >= 15 is 0 Å². The highest BCUT2D eigenvalue weighted by molar-refractivity contribution is 6.31. The van der Waals surface area contributed by atoms with Gasteiger partial charge in [-0.2, -0.15) is 0 Å². The monoisotopic (exact) mass is 299 g/mol. The average Bonchev–Trinajstić information content (AvgIpc) is 2.29. The van der Waals surface area contributed by atoms with Crippen LogP contribution in [0.15, 0.2) is 18.2 Å². The number of nitrogens with zero attached hydrogens (tertiary/aromatic N) is 1. The molecule has 0 atom stereocenters. The highest BCUT2D eigenvalue weighted by Crippen LogP contribution is 2.27. The lowest BCUT2D eigenvalue weighted by Crippen LogP contribution is -2.37. The van der Waals surface area contributed by atoms with Gasteiger partial charge in [0.15, 0.2) is 0 Å². The Balaban J connectivity index is 2.64. The van der Waals surface area contributed by atoms with Crippen LogP contribution in [0.2, 0.25) is 5.02 Å². The number of nitro benzene ring substituents is 1. The minimum absolute atomic E-state index is 0.0768. The predicted molar refractivity (Wildman–Crippen MR) is 79.1 cm³/mol. The van der Waals surface area contributed by atoms with Gasteiger partial charge in [-0.3, -0.25) is 14.9 Å². The Kier molecular flexibility index (Phi) is 5.47. The summed E-state index contributed by atoms with van der Waals surface area (Å²) < 4.78 is 0. The molecule has 7 heteroatoms. The molecule has 110 valence electrons. The number of hydrogen-bond donors (Lipinski definition) is 2.